The molecule has 0 spiro atoms. The smallest absolute Gasteiger partial charge is 0.258 e. The van der Waals surface area contributed by atoms with Gasteiger partial charge in [-0.05, 0) is 47.9 Å². The van der Waals surface area contributed by atoms with Gasteiger partial charge in [-0.15, -0.1) is 0 Å². The number of fused-ring (bicyclic) bond motifs is 1. The predicted molar refractivity (Wildman–Crippen MR) is 103 cm³/mol. The normalized spacial score (nSPS) is 12.4. The van der Waals surface area contributed by atoms with Crippen LogP contribution in [0.4, 0.5) is 5.69 Å². The van der Waals surface area contributed by atoms with Crippen LogP contribution in [0.1, 0.15) is 24.5 Å². The van der Waals surface area contributed by atoms with Crippen LogP contribution < -0.4 is 19.7 Å². The van der Waals surface area contributed by atoms with Crippen molar-refractivity contribution in [3.05, 3.63) is 53.6 Å². The van der Waals surface area contributed by atoms with Crippen LogP contribution in [-0.2, 0) is 22.6 Å². The van der Waals surface area contributed by atoms with Gasteiger partial charge in [0.1, 0.15) is 11.5 Å². The van der Waals surface area contributed by atoms with Gasteiger partial charge in [-0.1, -0.05) is 19.1 Å². The van der Waals surface area contributed by atoms with Crippen LogP contribution in [0.5, 0.6) is 11.5 Å². The van der Waals surface area contributed by atoms with E-state index in [2.05, 4.69) is 11.4 Å². The Kier molecular flexibility index (Phi) is 5.96. The lowest BCUT2D eigenvalue weighted by molar-refractivity contribution is -0.123. The average Bonchev–Trinajstić information content (AvgIpc) is 3.13. The second kappa shape index (κ2) is 8.58. The highest BCUT2D eigenvalue weighted by Gasteiger charge is 2.23. The third-order valence-electron chi connectivity index (χ3n) is 4.56. The molecule has 1 aliphatic rings. The van der Waals surface area contributed by atoms with Gasteiger partial charge in [-0.2, -0.15) is 0 Å². The van der Waals surface area contributed by atoms with Crippen molar-refractivity contribution in [2.24, 2.45) is 0 Å². The third-order valence-corrected chi connectivity index (χ3v) is 4.56. The zero-order chi connectivity index (χ0) is 19.2. The van der Waals surface area contributed by atoms with Crippen molar-refractivity contribution in [3.8, 4) is 11.5 Å². The van der Waals surface area contributed by atoms with E-state index in [4.69, 9.17) is 9.47 Å². The van der Waals surface area contributed by atoms with Gasteiger partial charge in [0.2, 0.25) is 5.91 Å². The quantitative estimate of drug-likeness (QED) is 0.816. The molecule has 1 aliphatic heterocycles. The molecular weight excluding hydrogens is 344 g/mol. The van der Waals surface area contributed by atoms with Crippen molar-refractivity contribution in [2.45, 2.75) is 26.3 Å². The molecule has 0 aliphatic carbocycles. The Balaban J connectivity index is 1.50. The lowest BCUT2D eigenvalue weighted by Crippen LogP contribution is -2.28. The fraction of sp³-hybridized carbons (Fsp3) is 0.333. The molecule has 6 nitrogen and oxygen atoms in total. The van der Waals surface area contributed by atoms with Crippen LogP contribution in [0.25, 0.3) is 0 Å². The molecule has 0 atom stereocenters. The van der Waals surface area contributed by atoms with E-state index in [0.29, 0.717) is 18.7 Å². The molecule has 2 aromatic carbocycles. The lowest BCUT2D eigenvalue weighted by atomic mass is 10.1. The van der Waals surface area contributed by atoms with E-state index in [1.165, 1.54) is 0 Å². The van der Waals surface area contributed by atoms with Crippen molar-refractivity contribution >= 4 is 17.5 Å². The Bertz CT molecular complexity index is 817. The SMILES string of the molecule is CCC(=O)N1CCc2cc(CNC(=O)COc3ccc(OC)cc3)ccc21. The molecule has 0 unspecified atom stereocenters. The number of carbonyl (C=O) groups is 2. The fourth-order valence-corrected chi connectivity index (χ4v) is 3.09. The highest BCUT2D eigenvalue weighted by molar-refractivity contribution is 5.95. The second-order valence-electron chi connectivity index (χ2n) is 6.35. The maximum atomic E-state index is 12.0. The molecule has 0 saturated carbocycles. The minimum Gasteiger partial charge on any atom is -0.497 e. The molecule has 0 saturated heterocycles. The second-order valence-corrected chi connectivity index (χ2v) is 6.35. The molecule has 3 rings (SSSR count). The van der Waals surface area contributed by atoms with E-state index in [9.17, 15) is 9.59 Å². The Labute approximate surface area is 159 Å². The minimum absolute atomic E-state index is 0.0456. The molecule has 0 aromatic heterocycles. The van der Waals surface area contributed by atoms with E-state index in [1.54, 1.807) is 31.4 Å². The minimum atomic E-state index is -0.186. The summed E-state index contributed by atoms with van der Waals surface area (Å²) < 4.78 is 10.6. The molecule has 6 heteroatoms. The predicted octanol–water partition coefficient (Wildman–Crippen LogP) is 2.69. The third kappa shape index (κ3) is 4.58. The van der Waals surface area contributed by atoms with Gasteiger partial charge in [0.25, 0.3) is 5.91 Å². The summed E-state index contributed by atoms with van der Waals surface area (Å²) >= 11 is 0. The first-order valence-corrected chi connectivity index (χ1v) is 9.06. The standard InChI is InChI=1S/C21H24N2O4/c1-3-21(25)23-11-10-16-12-15(4-9-19(16)23)13-22-20(24)14-27-18-7-5-17(26-2)6-8-18/h4-9,12H,3,10-11,13-14H2,1-2H3,(H,22,24). The van der Waals surface area contributed by atoms with Gasteiger partial charge >= 0.3 is 0 Å². The molecule has 0 bridgehead atoms. The lowest BCUT2D eigenvalue weighted by Gasteiger charge is -2.16. The van der Waals surface area contributed by atoms with Gasteiger partial charge in [0.05, 0.1) is 7.11 Å². The molecule has 142 valence electrons. The number of anilines is 1. The largest absolute Gasteiger partial charge is 0.497 e. The Hall–Kier alpha value is -3.02. The summed E-state index contributed by atoms with van der Waals surface area (Å²) in [6.45, 7) is 2.99. The average molecular weight is 368 g/mol. The number of amides is 2. The van der Waals surface area contributed by atoms with E-state index < -0.39 is 0 Å². The van der Waals surface area contributed by atoms with E-state index in [0.717, 1.165) is 35.5 Å². The van der Waals surface area contributed by atoms with E-state index in [-0.39, 0.29) is 18.4 Å². The first-order chi connectivity index (χ1) is 13.1. The summed E-state index contributed by atoms with van der Waals surface area (Å²) in [7, 11) is 1.60. The molecule has 0 fully saturated rings. The van der Waals surface area contributed by atoms with Gasteiger partial charge in [0.15, 0.2) is 6.61 Å². The van der Waals surface area contributed by atoms with Crippen molar-refractivity contribution in [1.29, 1.82) is 0 Å². The van der Waals surface area contributed by atoms with Crippen molar-refractivity contribution in [2.75, 3.05) is 25.2 Å². The van der Waals surface area contributed by atoms with Crippen LogP contribution in [-0.4, -0.2) is 32.1 Å². The summed E-state index contributed by atoms with van der Waals surface area (Å²) in [5.74, 6) is 1.31. The first kappa shape index (κ1) is 18.8. The van der Waals surface area contributed by atoms with Gasteiger partial charge < -0.3 is 19.7 Å². The summed E-state index contributed by atoms with van der Waals surface area (Å²) in [5.41, 5.74) is 3.15. The van der Waals surface area contributed by atoms with Crippen LogP contribution in [0.3, 0.4) is 0 Å². The highest BCUT2D eigenvalue weighted by Crippen LogP contribution is 2.29. The summed E-state index contributed by atoms with van der Waals surface area (Å²) in [4.78, 5) is 25.8. The number of benzene rings is 2. The molecule has 1 N–H and O–H groups in total. The zero-order valence-corrected chi connectivity index (χ0v) is 15.7. The highest BCUT2D eigenvalue weighted by atomic mass is 16.5. The molecule has 0 radical (unpaired) electrons. The fourth-order valence-electron chi connectivity index (χ4n) is 3.09. The van der Waals surface area contributed by atoms with E-state index in [1.807, 2.05) is 24.0 Å². The zero-order valence-electron chi connectivity index (χ0n) is 15.7. The van der Waals surface area contributed by atoms with Crippen molar-refractivity contribution < 1.29 is 19.1 Å². The topological polar surface area (TPSA) is 67.9 Å². The Morgan fingerprint density at radius 1 is 1.11 bits per heavy atom. The summed E-state index contributed by atoms with van der Waals surface area (Å²) in [6, 6.07) is 13.1. The summed E-state index contributed by atoms with van der Waals surface area (Å²) in [6.07, 6.45) is 1.36. The molecule has 27 heavy (non-hydrogen) atoms. The molecule has 2 amide bonds. The van der Waals surface area contributed by atoms with Crippen molar-refractivity contribution in [1.82, 2.24) is 5.32 Å². The van der Waals surface area contributed by atoms with Crippen LogP contribution in [0, 0.1) is 0 Å². The van der Waals surface area contributed by atoms with Crippen LogP contribution >= 0.6 is 0 Å². The Morgan fingerprint density at radius 3 is 2.56 bits per heavy atom. The van der Waals surface area contributed by atoms with E-state index >= 15 is 0 Å². The Morgan fingerprint density at radius 2 is 1.85 bits per heavy atom. The monoisotopic (exact) mass is 368 g/mol. The number of hydrogen-bond donors (Lipinski definition) is 1. The van der Waals surface area contributed by atoms with Crippen LogP contribution in [0.15, 0.2) is 42.5 Å². The number of nitrogens with one attached hydrogen (secondary N) is 1. The number of carbonyl (C=O) groups excluding carboxylic acids is 2. The number of ether oxygens (including phenoxy) is 2. The number of methoxy groups -OCH3 is 1. The van der Waals surface area contributed by atoms with Gasteiger partial charge in [-0.3, -0.25) is 9.59 Å². The van der Waals surface area contributed by atoms with Gasteiger partial charge in [0, 0.05) is 25.2 Å². The first-order valence-electron chi connectivity index (χ1n) is 9.06. The van der Waals surface area contributed by atoms with Crippen molar-refractivity contribution in [3.63, 3.8) is 0 Å². The number of hydrogen-bond acceptors (Lipinski definition) is 4. The molecule has 1 heterocycles. The number of nitrogens with zero attached hydrogens (tertiary/aromatic N) is 1. The van der Waals surface area contributed by atoms with Crippen LogP contribution in [0.2, 0.25) is 0 Å². The maximum Gasteiger partial charge on any atom is 0.258 e. The molecule has 2 aromatic rings. The maximum absolute atomic E-state index is 12.0. The number of rotatable bonds is 7. The molecular formula is C21H24N2O4. The summed E-state index contributed by atoms with van der Waals surface area (Å²) in [5, 5.41) is 2.86. The van der Waals surface area contributed by atoms with Gasteiger partial charge in [-0.25, -0.2) is 0 Å².